The molecule has 0 unspecified atom stereocenters. The Kier molecular flexibility index (Phi) is 6.47. The van der Waals surface area contributed by atoms with E-state index in [1.54, 1.807) is 49.4 Å². The lowest BCUT2D eigenvalue weighted by molar-refractivity contribution is 0.0526. The third-order valence-electron chi connectivity index (χ3n) is 3.96. The summed E-state index contributed by atoms with van der Waals surface area (Å²) >= 11 is 0. The van der Waals surface area contributed by atoms with E-state index in [2.05, 4.69) is 20.6 Å². The van der Waals surface area contributed by atoms with E-state index < -0.39 is 11.9 Å². The Hall–Kier alpha value is -3.81. The fourth-order valence-electron chi connectivity index (χ4n) is 2.46. The van der Waals surface area contributed by atoms with Crippen molar-refractivity contribution in [3.05, 3.63) is 83.6 Å². The highest BCUT2D eigenvalue weighted by Gasteiger charge is 2.10. The van der Waals surface area contributed by atoms with Gasteiger partial charge in [0.05, 0.1) is 24.6 Å². The molecule has 0 aliphatic carbocycles. The van der Waals surface area contributed by atoms with Crippen molar-refractivity contribution in [2.75, 3.05) is 17.2 Å². The van der Waals surface area contributed by atoms with Crippen LogP contribution in [0, 0.1) is 5.82 Å². The van der Waals surface area contributed by atoms with Crippen LogP contribution in [-0.2, 0) is 11.3 Å². The van der Waals surface area contributed by atoms with Gasteiger partial charge in [0.25, 0.3) is 5.91 Å². The second-order valence-electron chi connectivity index (χ2n) is 5.98. The van der Waals surface area contributed by atoms with E-state index in [0.717, 1.165) is 0 Å². The molecule has 0 radical (unpaired) electrons. The number of hydrogen-bond acceptors (Lipinski definition) is 6. The highest BCUT2D eigenvalue weighted by Crippen LogP contribution is 2.13. The van der Waals surface area contributed by atoms with Crippen molar-refractivity contribution in [3.63, 3.8) is 0 Å². The van der Waals surface area contributed by atoms with Crippen LogP contribution in [-0.4, -0.2) is 28.5 Å². The van der Waals surface area contributed by atoms with Crippen LogP contribution in [0.3, 0.4) is 0 Å². The molecule has 0 saturated heterocycles. The van der Waals surface area contributed by atoms with Crippen molar-refractivity contribution in [1.82, 2.24) is 9.97 Å². The molecule has 0 spiro atoms. The van der Waals surface area contributed by atoms with E-state index in [-0.39, 0.29) is 18.1 Å². The molecule has 2 aromatic carbocycles. The van der Waals surface area contributed by atoms with Gasteiger partial charge in [-0.2, -0.15) is 0 Å². The summed E-state index contributed by atoms with van der Waals surface area (Å²) in [7, 11) is 0. The molecule has 0 aliphatic rings. The van der Waals surface area contributed by atoms with E-state index in [1.165, 1.54) is 18.5 Å². The summed E-state index contributed by atoms with van der Waals surface area (Å²) in [5.74, 6) is -0.752. The number of nitrogens with zero attached hydrogens (tertiary/aromatic N) is 2. The fourth-order valence-corrected chi connectivity index (χ4v) is 2.46. The monoisotopic (exact) mass is 394 g/mol. The largest absolute Gasteiger partial charge is 0.462 e. The van der Waals surface area contributed by atoms with E-state index in [4.69, 9.17) is 4.74 Å². The van der Waals surface area contributed by atoms with Crippen molar-refractivity contribution in [3.8, 4) is 0 Å². The minimum Gasteiger partial charge on any atom is -0.462 e. The van der Waals surface area contributed by atoms with Gasteiger partial charge in [-0.3, -0.25) is 4.79 Å². The van der Waals surface area contributed by atoms with Crippen LogP contribution in [0.15, 0.2) is 60.9 Å². The number of halogens is 1. The van der Waals surface area contributed by atoms with Crippen molar-refractivity contribution in [2.24, 2.45) is 0 Å². The van der Waals surface area contributed by atoms with Crippen molar-refractivity contribution in [2.45, 2.75) is 13.5 Å². The first kappa shape index (κ1) is 19.9. The number of ether oxygens (including phenoxy) is 1. The summed E-state index contributed by atoms with van der Waals surface area (Å²) in [6.07, 6.45) is 2.73. The van der Waals surface area contributed by atoms with Gasteiger partial charge in [-0.25, -0.2) is 19.2 Å². The minimum atomic E-state index is -0.443. The zero-order chi connectivity index (χ0) is 20.6. The molecule has 0 bridgehead atoms. The summed E-state index contributed by atoms with van der Waals surface area (Å²) in [5.41, 5.74) is 1.53. The van der Waals surface area contributed by atoms with E-state index >= 15 is 0 Å². The van der Waals surface area contributed by atoms with Crippen LogP contribution < -0.4 is 10.6 Å². The molecule has 1 amide bonds. The molecule has 0 saturated carbocycles. The molecule has 0 aliphatic heterocycles. The number of esters is 1. The first-order valence-corrected chi connectivity index (χ1v) is 8.94. The number of nitrogens with one attached hydrogen (secondary N) is 2. The maximum atomic E-state index is 13.6. The van der Waals surface area contributed by atoms with E-state index in [1.807, 2.05) is 0 Å². The molecular weight excluding hydrogens is 375 g/mol. The predicted octanol–water partition coefficient (Wildman–Crippen LogP) is 3.66. The maximum absolute atomic E-state index is 13.6. The number of hydrogen-bond donors (Lipinski definition) is 2. The molecule has 0 fully saturated rings. The summed E-state index contributed by atoms with van der Waals surface area (Å²) in [6.45, 7) is 2.27. The second kappa shape index (κ2) is 9.41. The van der Waals surface area contributed by atoms with Gasteiger partial charge < -0.3 is 15.4 Å². The lowest BCUT2D eigenvalue weighted by Gasteiger charge is -2.08. The van der Waals surface area contributed by atoms with E-state index in [0.29, 0.717) is 29.2 Å². The molecule has 1 heterocycles. The number of carbonyl (C=O) groups excluding carboxylic acids is 2. The molecule has 1 aromatic heterocycles. The highest BCUT2D eigenvalue weighted by atomic mass is 19.1. The quantitative estimate of drug-likeness (QED) is 0.594. The van der Waals surface area contributed by atoms with E-state index in [9.17, 15) is 14.0 Å². The number of amides is 1. The molecule has 29 heavy (non-hydrogen) atoms. The molecule has 2 N–H and O–H groups in total. The third kappa shape index (κ3) is 5.35. The molecule has 3 aromatic rings. The molecule has 0 atom stereocenters. The topological polar surface area (TPSA) is 93.2 Å². The Morgan fingerprint density at radius 3 is 2.45 bits per heavy atom. The van der Waals surface area contributed by atoms with Gasteiger partial charge >= 0.3 is 5.97 Å². The first-order valence-electron chi connectivity index (χ1n) is 8.94. The summed E-state index contributed by atoms with van der Waals surface area (Å²) < 4.78 is 18.5. The number of aromatic nitrogens is 2. The average Bonchev–Trinajstić information content (AvgIpc) is 2.74. The Morgan fingerprint density at radius 1 is 1.03 bits per heavy atom. The Bertz CT molecular complexity index is 992. The van der Waals surface area contributed by atoms with Gasteiger partial charge in [-0.15, -0.1) is 0 Å². The van der Waals surface area contributed by atoms with Gasteiger partial charge in [0.1, 0.15) is 17.3 Å². The van der Waals surface area contributed by atoms with Gasteiger partial charge in [-0.1, -0.05) is 18.2 Å². The average molecular weight is 394 g/mol. The smallest absolute Gasteiger partial charge is 0.338 e. The molecule has 7 nitrogen and oxygen atoms in total. The van der Waals surface area contributed by atoms with Gasteiger partial charge in [0.2, 0.25) is 0 Å². The van der Waals surface area contributed by atoms with Crippen LogP contribution in [0.25, 0.3) is 0 Å². The van der Waals surface area contributed by atoms with Crippen molar-refractivity contribution >= 4 is 23.4 Å². The third-order valence-corrected chi connectivity index (χ3v) is 3.96. The van der Waals surface area contributed by atoms with Crippen LogP contribution in [0.4, 0.5) is 15.9 Å². The zero-order valence-corrected chi connectivity index (χ0v) is 15.7. The van der Waals surface area contributed by atoms with Crippen LogP contribution in [0.2, 0.25) is 0 Å². The number of rotatable bonds is 7. The standard InChI is InChI=1S/C21H19FN4O3/c1-2-29-21(28)14-7-9-16(10-8-14)26-20(27)18-12-25-19(13-23-18)24-11-15-5-3-4-6-17(15)22/h3-10,12-13H,2,11H2,1H3,(H,24,25)(H,26,27). The van der Waals surface area contributed by atoms with Crippen molar-refractivity contribution < 1.29 is 18.7 Å². The van der Waals surface area contributed by atoms with Gasteiger partial charge in [0, 0.05) is 17.8 Å². The Balaban J connectivity index is 1.57. The highest BCUT2D eigenvalue weighted by molar-refractivity contribution is 6.03. The SMILES string of the molecule is CCOC(=O)c1ccc(NC(=O)c2cnc(NCc3ccccc3F)cn2)cc1. The number of carbonyl (C=O) groups is 2. The fraction of sp³-hybridized carbons (Fsp3) is 0.143. The lowest BCUT2D eigenvalue weighted by atomic mass is 10.2. The van der Waals surface area contributed by atoms with Crippen molar-refractivity contribution in [1.29, 1.82) is 0 Å². The molecule has 148 valence electrons. The summed E-state index contributed by atoms with van der Waals surface area (Å²) in [4.78, 5) is 32.1. The number of anilines is 2. The maximum Gasteiger partial charge on any atom is 0.338 e. The summed E-state index contributed by atoms with van der Waals surface area (Å²) in [6, 6.07) is 12.8. The minimum absolute atomic E-state index is 0.121. The molecule has 8 heteroatoms. The van der Waals surface area contributed by atoms with Gasteiger partial charge in [0.15, 0.2) is 0 Å². The zero-order valence-electron chi connectivity index (χ0n) is 15.7. The normalized spacial score (nSPS) is 10.3. The summed E-state index contributed by atoms with van der Waals surface area (Å²) in [5, 5.41) is 5.63. The second-order valence-corrected chi connectivity index (χ2v) is 5.98. The predicted molar refractivity (Wildman–Crippen MR) is 106 cm³/mol. The Morgan fingerprint density at radius 2 is 1.79 bits per heavy atom. The van der Waals surface area contributed by atoms with Gasteiger partial charge in [-0.05, 0) is 37.3 Å². The Labute approximate surface area is 167 Å². The van der Waals surface area contributed by atoms with Crippen LogP contribution >= 0.6 is 0 Å². The molecule has 3 rings (SSSR count). The lowest BCUT2D eigenvalue weighted by Crippen LogP contribution is -2.15. The number of benzene rings is 2. The van der Waals surface area contributed by atoms with Crippen LogP contribution in [0.1, 0.15) is 33.3 Å². The van der Waals surface area contributed by atoms with Crippen LogP contribution in [0.5, 0.6) is 0 Å². The first-order chi connectivity index (χ1) is 14.1. The molecular formula is C21H19FN4O3.